The summed E-state index contributed by atoms with van der Waals surface area (Å²) in [7, 11) is 1.75. The van der Waals surface area contributed by atoms with Gasteiger partial charge in [-0.2, -0.15) is 0 Å². The van der Waals surface area contributed by atoms with E-state index < -0.39 is 11.4 Å². The minimum Gasteiger partial charge on any atom is -0.481 e. The van der Waals surface area contributed by atoms with Crippen LogP contribution in [0.1, 0.15) is 31.2 Å². The lowest BCUT2D eigenvalue weighted by Gasteiger charge is -2.41. The topological polar surface area (TPSA) is 77.9 Å². The van der Waals surface area contributed by atoms with Crippen molar-refractivity contribution in [3.05, 3.63) is 35.9 Å². The predicted molar refractivity (Wildman–Crippen MR) is 91.9 cm³/mol. The molecule has 1 atom stereocenters. The molecule has 0 aromatic heterocycles. The molecule has 3 rings (SSSR count). The van der Waals surface area contributed by atoms with Gasteiger partial charge >= 0.3 is 5.97 Å². The first kappa shape index (κ1) is 17.5. The number of likely N-dealkylation sites (tertiary alicyclic amines) is 2. The van der Waals surface area contributed by atoms with Crippen molar-refractivity contribution >= 4 is 17.8 Å². The van der Waals surface area contributed by atoms with Crippen LogP contribution in [-0.4, -0.2) is 59.4 Å². The highest BCUT2D eigenvalue weighted by atomic mass is 16.4. The third kappa shape index (κ3) is 3.25. The standard InChI is InChI=1S/C19H24N2O4/c1-20-10-7-14(13-16(20)22)17(23)21-11-8-19(9-12-21,18(24)25)15-5-3-2-4-6-15/h2-6,14H,7-13H2,1H3,(H,24,25). The maximum Gasteiger partial charge on any atom is 0.314 e. The molecule has 0 bridgehead atoms. The number of carbonyl (C=O) groups excluding carboxylic acids is 2. The zero-order valence-corrected chi connectivity index (χ0v) is 14.5. The second kappa shape index (κ2) is 6.86. The molecule has 0 saturated carbocycles. The Kier molecular flexibility index (Phi) is 4.79. The third-order valence-electron chi connectivity index (χ3n) is 5.67. The second-order valence-electron chi connectivity index (χ2n) is 7.08. The number of benzene rings is 1. The molecule has 1 aromatic rings. The number of aliphatic carboxylic acids is 1. The van der Waals surface area contributed by atoms with Crippen LogP contribution in [-0.2, 0) is 19.8 Å². The Morgan fingerprint density at radius 2 is 1.76 bits per heavy atom. The predicted octanol–water partition coefficient (Wildman–Crippen LogP) is 1.50. The van der Waals surface area contributed by atoms with E-state index in [0.29, 0.717) is 38.9 Å². The second-order valence-corrected chi connectivity index (χ2v) is 7.08. The molecule has 2 aliphatic heterocycles. The van der Waals surface area contributed by atoms with E-state index in [2.05, 4.69) is 0 Å². The van der Waals surface area contributed by atoms with Crippen LogP contribution in [0.3, 0.4) is 0 Å². The van der Waals surface area contributed by atoms with E-state index in [0.717, 1.165) is 5.56 Å². The molecule has 134 valence electrons. The molecule has 2 amide bonds. The average molecular weight is 344 g/mol. The average Bonchev–Trinajstić information content (AvgIpc) is 2.64. The van der Waals surface area contributed by atoms with E-state index in [1.807, 2.05) is 30.3 Å². The molecule has 2 saturated heterocycles. The van der Waals surface area contributed by atoms with Gasteiger partial charge in [0.15, 0.2) is 0 Å². The van der Waals surface area contributed by atoms with E-state index in [1.54, 1.807) is 16.8 Å². The van der Waals surface area contributed by atoms with Crippen LogP contribution < -0.4 is 0 Å². The lowest BCUT2D eigenvalue weighted by Crippen LogP contribution is -2.51. The van der Waals surface area contributed by atoms with Gasteiger partial charge in [-0.1, -0.05) is 30.3 Å². The molecule has 6 heteroatoms. The highest BCUT2D eigenvalue weighted by molar-refractivity contribution is 5.87. The van der Waals surface area contributed by atoms with E-state index in [9.17, 15) is 19.5 Å². The van der Waals surface area contributed by atoms with Crippen molar-refractivity contribution in [3.63, 3.8) is 0 Å². The number of carboxylic acids is 1. The van der Waals surface area contributed by atoms with Crippen LogP contribution in [0.25, 0.3) is 0 Å². The zero-order chi connectivity index (χ0) is 18.0. The molecule has 25 heavy (non-hydrogen) atoms. The monoisotopic (exact) mass is 344 g/mol. The van der Waals surface area contributed by atoms with E-state index in [4.69, 9.17) is 0 Å². The zero-order valence-electron chi connectivity index (χ0n) is 14.5. The maximum atomic E-state index is 12.7. The van der Waals surface area contributed by atoms with Crippen molar-refractivity contribution in [2.75, 3.05) is 26.7 Å². The van der Waals surface area contributed by atoms with Crippen molar-refractivity contribution < 1.29 is 19.5 Å². The summed E-state index contributed by atoms with van der Waals surface area (Å²) < 4.78 is 0. The van der Waals surface area contributed by atoms with Gasteiger partial charge in [0.05, 0.1) is 5.41 Å². The fourth-order valence-corrected chi connectivity index (χ4v) is 3.90. The van der Waals surface area contributed by atoms with Gasteiger partial charge in [0.2, 0.25) is 11.8 Å². The van der Waals surface area contributed by atoms with Gasteiger partial charge in [-0.05, 0) is 24.8 Å². The molecule has 1 N–H and O–H groups in total. The quantitative estimate of drug-likeness (QED) is 0.901. The molecule has 1 unspecified atom stereocenters. The van der Waals surface area contributed by atoms with Gasteiger partial charge in [-0.3, -0.25) is 14.4 Å². The smallest absolute Gasteiger partial charge is 0.314 e. The first-order valence-electron chi connectivity index (χ1n) is 8.76. The summed E-state index contributed by atoms with van der Waals surface area (Å²) in [6, 6.07) is 9.26. The van der Waals surface area contributed by atoms with Crippen LogP contribution in [0.5, 0.6) is 0 Å². The molecular weight excluding hydrogens is 320 g/mol. The first-order valence-corrected chi connectivity index (χ1v) is 8.76. The van der Waals surface area contributed by atoms with Gasteiger partial charge in [0.25, 0.3) is 0 Å². The molecular formula is C19H24N2O4. The van der Waals surface area contributed by atoms with Crippen LogP contribution in [0.15, 0.2) is 30.3 Å². The molecule has 2 aliphatic rings. The molecule has 2 heterocycles. The largest absolute Gasteiger partial charge is 0.481 e. The number of amides is 2. The third-order valence-corrected chi connectivity index (χ3v) is 5.67. The van der Waals surface area contributed by atoms with Crippen molar-refractivity contribution in [1.29, 1.82) is 0 Å². The molecule has 0 aliphatic carbocycles. The Morgan fingerprint density at radius 1 is 1.12 bits per heavy atom. The van der Waals surface area contributed by atoms with Crippen LogP contribution in [0, 0.1) is 5.92 Å². The van der Waals surface area contributed by atoms with Crippen molar-refractivity contribution in [3.8, 4) is 0 Å². The Hall–Kier alpha value is -2.37. The van der Waals surface area contributed by atoms with E-state index in [-0.39, 0.29) is 24.2 Å². The van der Waals surface area contributed by atoms with E-state index >= 15 is 0 Å². The summed E-state index contributed by atoms with van der Waals surface area (Å²) in [5, 5.41) is 9.83. The fourth-order valence-electron chi connectivity index (χ4n) is 3.90. The van der Waals surface area contributed by atoms with Gasteiger partial charge in [-0.25, -0.2) is 0 Å². The number of carbonyl (C=O) groups is 3. The minimum absolute atomic E-state index is 0.00535. The molecule has 2 fully saturated rings. The Balaban J connectivity index is 1.69. The van der Waals surface area contributed by atoms with Gasteiger partial charge in [-0.15, -0.1) is 0 Å². The van der Waals surface area contributed by atoms with Crippen molar-refractivity contribution in [2.45, 2.75) is 31.1 Å². The van der Waals surface area contributed by atoms with E-state index in [1.165, 1.54) is 0 Å². The molecule has 1 aromatic carbocycles. The number of carboxylic acid groups (broad SMARTS) is 1. The Bertz CT molecular complexity index is 665. The summed E-state index contributed by atoms with van der Waals surface area (Å²) in [4.78, 5) is 40.0. The summed E-state index contributed by atoms with van der Waals surface area (Å²) in [5.74, 6) is -1.10. The molecule has 0 spiro atoms. The summed E-state index contributed by atoms with van der Waals surface area (Å²) in [6.45, 7) is 1.44. The molecule has 0 radical (unpaired) electrons. The number of hydrogen-bond donors (Lipinski definition) is 1. The SMILES string of the molecule is CN1CCC(C(=O)N2CCC(C(=O)O)(c3ccccc3)CC2)CC1=O. The van der Waals surface area contributed by atoms with Crippen molar-refractivity contribution in [2.24, 2.45) is 5.92 Å². The normalized spacial score (nSPS) is 23.4. The van der Waals surface area contributed by atoms with Crippen molar-refractivity contribution in [1.82, 2.24) is 9.80 Å². The summed E-state index contributed by atoms with van der Waals surface area (Å²) in [6.07, 6.45) is 1.74. The minimum atomic E-state index is -0.930. The van der Waals surface area contributed by atoms with Crippen LogP contribution >= 0.6 is 0 Å². The maximum absolute atomic E-state index is 12.7. The first-order chi connectivity index (χ1) is 11.9. The van der Waals surface area contributed by atoms with Gasteiger partial charge in [0, 0.05) is 39.0 Å². The summed E-state index contributed by atoms with van der Waals surface area (Å²) >= 11 is 0. The van der Waals surface area contributed by atoms with Crippen LogP contribution in [0.4, 0.5) is 0 Å². The lowest BCUT2D eigenvalue weighted by molar-refractivity contribution is -0.150. The highest BCUT2D eigenvalue weighted by Gasteiger charge is 2.44. The summed E-state index contributed by atoms with van der Waals surface area (Å²) in [5.41, 5.74) is -0.134. The fraction of sp³-hybridized carbons (Fsp3) is 0.526. The number of nitrogens with zero attached hydrogens (tertiary/aromatic N) is 2. The van der Waals surface area contributed by atoms with Gasteiger partial charge < -0.3 is 14.9 Å². The Morgan fingerprint density at radius 3 is 2.32 bits per heavy atom. The number of rotatable bonds is 3. The number of hydrogen-bond acceptors (Lipinski definition) is 3. The lowest BCUT2D eigenvalue weighted by atomic mass is 9.72. The molecule has 6 nitrogen and oxygen atoms in total. The van der Waals surface area contributed by atoms with Crippen LogP contribution in [0.2, 0.25) is 0 Å². The van der Waals surface area contributed by atoms with Gasteiger partial charge in [0.1, 0.15) is 0 Å². The number of piperidine rings is 2. The highest BCUT2D eigenvalue weighted by Crippen LogP contribution is 2.36. The Labute approximate surface area is 147 Å².